The van der Waals surface area contributed by atoms with Crippen molar-refractivity contribution in [1.82, 2.24) is 5.32 Å². The fourth-order valence-corrected chi connectivity index (χ4v) is 3.42. The molecule has 1 nitrogen and oxygen atoms in total. The number of benzene rings is 1. The Morgan fingerprint density at radius 1 is 1.22 bits per heavy atom. The second-order valence-electron chi connectivity index (χ2n) is 5.05. The summed E-state index contributed by atoms with van der Waals surface area (Å²) in [6.07, 6.45) is 2.48. The van der Waals surface area contributed by atoms with Crippen LogP contribution in [-0.4, -0.2) is 6.54 Å². The first-order valence-electron chi connectivity index (χ1n) is 6.95. The number of hydrogen-bond acceptors (Lipinski definition) is 2. The summed E-state index contributed by atoms with van der Waals surface area (Å²) < 4.78 is 1.40. The third-order valence-electron chi connectivity index (χ3n) is 3.67. The van der Waals surface area contributed by atoms with E-state index < -0.39 is 0 Å². The van der Waals surface area contributed by atoms with Gasteiger partial charge in [-0.15, -0.1) is 11.3 Å². The minimum absolute atomic E-state index is 0.501. The van der Waals surface area contributed by atoms with Crippen LogP contribution in [0, 0.1) is 5.92 Å². The lowest BCUT2D eigenvalue weighted by Gasteiger charge is -2.21. The van der Waals surface area contributed by atoms with Crippen molar-refractivity contribution in [3.05, 3.63) is 35.2 Å². The highest BCUT2D eigenvalue weighted by atomic mass is 32.1. The normalized spacial score (nSPS) is 14.8. The molecule has 0 bridgehead atoms. The maximum absolute atomic E-state index is 3.65. The quantitative estimate of drug-likeness (QED) is 0.772. The SMILES string of the molecule is CCNC(CC(C)CC)c1csc2ccccc12. The Hall–Kier alpha value is -0.860. The first kappa shape index (κ1) is 13.6. The van der Waals surface area contributed by atoms with E-state index in [2.05, 4.69) is 55.7 Å². The fraction of sp³-hybridized carbons (Fsp3) is 0.500. The lowest BCUT2D eigenvalue weighted by Crippen LogP contribution is -2.22. The van der Waals surface area contributed by atoms with Gasteiger partial charge < -0.3 is 5.32 Å². The molecule has 1 N–H and O–H groups in total. The Labute approximate surface area is 114 Å². The highest BCUT2D eigenvalue weighted by molar-refractivity contribution is 7.17. The molecule has 2 rings (SSSR count). The van der Waals surface area contributed by atoms with Crippen LogP contribution in [0.25, 0.3) is 10.1 Å². The zero-order chi connectivity index (χ0) is 13.0. The number of thiophene rings is 1. The van der Waals surface area contributed by atoms with Crippen molar-refractivity contribution in [3.63, 3.8) is 0 Å². The maximum atomic E-state index is 3.65. The summed E-state index contributed by atoms with van der Waals surface area (Å²) in [5, 5.41) is 7.41. The van der Waals surface area contributed by atoms with Gasteiger partial charge >= 0.3 is 0 Å². The molecule has 2 heteroatoms. The Balaban J connectivity index is 2.29. The third-order valence-corrected chi connectivity index (χ3v) is 4.65. The number of nitrogens with one attached hydrogen (secondary N) is 1. The van der Waals surface area contributed by atoms with Gasteiger partial charge in [0.2, 0.25) is 0 Å². The van der Waals surface area contributed by atoms with Gasteiger partial charge in [-0.25, -0.2) is 0 Å². The van der Waals surface area contributed by atoms with E-state index >= 15 is 0 Å². The largest absolute Gasteiger partial charge is 0.310 e. The van der Waals surface area contributed by atoms with Crippen molar-refractivity contribution in [2.75, 3.05) is 6.54 Å². The van der Waals surface area contributed by atoms with E-state index in [4.69, 9.17) is 0 Å². The average molecular weight is 261 g/mol. The van der Waals surface area contributed by atoms with Gasteiger partial charge in [0.1, 0.15) is 0 Å². The van der Waals surface area contributed by atoms with Crippen molar-refractivity contribution in [2.24, 2.45) is 5.92 Å². The van der Waals surface area contributed by atoms with Crippen molar-refractivity contribution < 1.29 is 0 Å². The molecule has 0 spiro atoms. The molecule has 0 aliphatic carbocycles. The van der Waals surface area contributed by atoms with Crippen LogP contribution >= 0.6 is 11.3 Å². The summed E-state index contributed by atoms with van der Waals surface area (Å²) in [5.41, 5.74) is 1.48. The van der Waals surface area contributed by atoms with E-state index in [1.165, 1.54) is 28.5 Å². The van der Waals surface area contributed by atoms with Crippen LogP contribution in [0.1, 0.15) is 45.2 Å². The Kier molecular flexibility index (Phi) is 4.79. The zero-order valence-corrected chi connectivity index (χ0v) is 12.4. The molecular weight excluding hydrogens is 238 g/mol. The second kappa shape index (κ2) is 6.35. The second-order valence-corrected chi connectivity index (χ2v) is 5.96. The van der Waals surface area contributed by atoms with E-state index in [0.29, 0.717) is 6.04 Å². The smallest absolute Gasteiger partial charge is 0.0346 e. The summed E-state index contributed by atoms with van der Waals surface area (Å²) in [6.45, 7) is 7.85. The van der Waals surface area contributed by atoms with Crippen molar-refractivity contribution in [2.45, 2.75) is 39.7 Å². The van der Waals surface area contributed by atoms with Gasteiger partial charge in [-0.2, -0.15) is 0 Å². The molecule has 0 aliphatic heterocycles. The minimum atomic E-state index is 0.501. The summed E-state index contributed by atoms with van der Waals surface area (Å²) in [6, 6.07) is 9.24. The molecule has 1 aromatic carbocycles. The number of fused-ring (bicyclic) bond motifs is 1. The molecule has 0 saturated carbocycles. The molecule has 0 saturated heterocycles. The van der Waals surface area contributed by atoms with Crippen molar-refractivity contribution in [3.8, 4) is 0 Å². The molecule has 0 fully saturated rings. The molecule has 18 heavy (non-hydrogen) atoms. The highest BCUT2D eigenvalue weighted by Crippen LogP contribution is 2.33. The van der Waals surface area contributed by atoms with Crippen molar-refractivity contribution >= 4 is 21.4 Å². The molecule has 2 aromatic rings. The number of rotatable bonds is 6. The zero-order valence-electron chi connectivity index (χ0n) is 11.6. The van der Waals surface area contributed by atoms with Crippen LogP contribution < -0.4 is 5.32 Å². The van der Waals surface area contributed by atoms with Gasteiger partial charge in [-0.05, 0) is 41.3 Å². The highest BCUT2D eigenvalue weighted by Gasteiger charge is 2.16. The number of hydrogen-bond donors (Lipinski definition) is 1. The van der Waals surface area contributed by atoms with E-state index in [0.717, 1.165) is 12.5 Å². The molecule has 0 amide bonds. The van der Waals surface area contributed by atoms with Gasteiger partial charge in [-0.1, -0.05) is 45.4 Å². The summed E-state index contributed by atoms with van der Waals surface area (Å²) >= 11 is 1.86. The predicted molar refractivity (Wildman–Crippen MR) is 82.3 cm³/mol. The molecule has 98 valence electrons. The van der Waals surface area contributed by atoms with Crippen molar-refractivity contribution in [1.29, 1.82) is 0 Å². The Morgan fingerprint density at radius 3 is 2.72 bits per heavy atom. The first-order chi connectivity index (χ1) is 8.76. The third kappa shape index (κ3) is 2.93. The topological polar surface area (TPSA) is 12.0 Å². The lowest BCUT2D eigenvalue weighted by molar-refractivity contribution is 0.410. The van der Waals surface area contributed by atoms with Crippen LogP contribution in [-0.2, 0) is 0 Å². The standard InChI is InChI=1S/C16H23NS/c1-4-12(3)10-15(17-5-2)14-11-18-16-9-7-6-8-13(14)16/h6-9,11-12,15,17H,4-5,10H2,1-3H3. The molecule has 0 radical (unpaired) electrons. The Bertz CT molecular complexity index is 489. The van der Waals surface area contributed by atoms with Crippen LogP contribution in [0.5, 0.6) is 0 Å². The van der Waals surface area contributed by atoms with E-state index in [9.17, 15) is 0 Å². The van der Waals surface area contributed by atoms with E-state index in [1.807, 2.05) is 11.3 Å². The van der Waals surface area contributed by atoms with E-state index in [1.54, 1.807) is 0 Å². The molecule has 2 atom stereocenters. The molecule has 0 aliphatic rings. The van der Waals surface area contributed by atoms with Crippen LogP contribution in [0.2, 0.25) is 0 Å². The molecule has 1 aromatic heterocycles. The predicted octanol–water partition coefficient (Wildman–Crippen LogP) is 4.99. The first-order valence-corrected chi connectivity index (χ1v) is 7.83. The summed E-state index contributed by atoms with van der Waals surface area (Å²) in [7, 11) is 0. The molecular formula is C16H23NS. The average Bonchev–Trinajstić information content (AvgIpc) is 2.82. The fourth-order valence-electron chi connectivity index (χ4n) is 2.40. The minimum Gasteiger partial charge on any atom is -0.310 e. The van der Waals surface area contributed by atoms with Gasteiger partial charge in [0.05, 0.1) is 0 Å². The lowest BCUT2D eigenvalue weighted by atomic mass is 9.94. The van der Waals surface area contributed by atoms with E-state index in [-0.39, 0.29) is 0 Å². The maximum Gasteiger partial charge on any atom is 0.0346 e. The van der Waals surface area contributed by atoms with Crippen LogP contribution in [0.15, 0.2) is 29.6 Å². The Morgan fingerprint density at radius 2 is 2.00 bits per heavy atom. The summed E-state index contributed by atoms with van der Waals surface area (Å²) in [4.78, 5) is 0. The van der Waals surface area contributed by atoms with Crippen LogP contribution in [0.3, 0.4) is 0 Å². The van der Waals surface area contributed by atoms with Gasteiger partial charge in [0, 0.05) is 10.7 Å². The van der Waals surface area contributed by atoms with Crippen LogP contribution in [0.4, 0.5) is 0 Å². The van der Waals surface area contributed by atoms with Gasteiger partial charge in [-0.3, -0.25) is 0 Å². The van der Waals surface area contributed by atoms with Gasteiger partial charge in [0.25, 0.3) is 0 Å². The molecule has 1 heterocycles. The van der Waals surface area contributed by atoms with Gasteiger partial charge in [0.15, 0.2) is 0 Å². The molecule has 2 unspecified atom stereocenters. The summed E-state index contributed by atoms with van der Waals surface area (Å²) in [5.74, 6) is 0.771. The monoisotopic (exact) mass is 261 g/mol.